The highest BCUT2D eigenvalue weighted by molar-refractivity contribution is 5.81. The van der Waals surface area contributed by atoms with Crippen LogP contribution in [0.5, 0.6) is 0 Å². The van der Waals surface area contributed by atoms with Gasteiger partial charge in [-0.05, 0) is 25.7 Å². The van der Waals surface area contributed by atoms with Crippen LogP contribution < -0.4 is 5.32 Å². The van der Waals surface area contributed by atoms with Crippen molar-refractivity contribution in [3.63, 3.8) is 0 Å². The third kappa shape index (κ3) is 6.21. The summed E-state index contributed by atoms with van der Waals surface area (Å²) in [6.45, 7) is 0.124. The molecule has 0 heterocycles. The molecule has 2 atom stereocenters. The van der Waals surface area contributed by atoms with Crippen LogP contribution in [0.25, 0.3) is 0 Å². The molecule has 1 aliphatic rings. The van der Waals surface area contributed by atoms with Crippen molar-refractivity contribution in [2.45, 2.75) is 57.3 Å². The number of carbonyl (C=O) groups excluding carboxylic acids is 2. The summed E-state index contributed by atoms with van der Waals surface area (Å²) in [5.41, 5.74) is 0. The van der Waals surface area contributed by atoms with Crippen LogP contribution in [0.4, 0.5) is 13.2 Å². The summed E-state index contributed by atoms with van der Waals surface area (Å²) >= 11 is 0. The summed E-state index contributed by atoms with van der Waals surface area (Å²) < 4.78 is 37.0. The maximum atomic E-state index is 12.3. The first-order valence-electron chi connectivity index (χ1n) is 7.48. The molecular formula is C14H23F3N2O3. The Hall–Kier alpha value is -1.31. The predicted molar refractivity (Wildman–Crippen MR) is 73.9 cm³/mol. The molecule has 5 nitrogen and oxygen atoms in total. The SMILES string of the molecule is CC(C(O)C(=O)NCC1CCCCC1)N(C=O)CC(F)(F)F. The Morgan fingerprint density at radius 1 is 1.36 bits per heavy atom. The fraction of sp³-hybridized carbons (Fsp3) is 0.857. The Bertz CT molecular complexity index is 371. The maximum absolute atomic E-state index is 12.3. The Labute approximate surface area is 127 Å². The number of aliphatic hydroxyl groups excluding tert-OH is 1. The van der Waals surface area contributed by atoms with Gasteiger partial charge in [0, 0.05) is 6.54 Å². The average Bonchev–Trinajstić information content (AvgIpc) is 2.49. The fourth-order valence-corrected chi connectivity index (χ4v) is 2.63. The van der Waals surface area contributed by atoms with Crippen molar-refractivity contribution in [3.8, 4) is 0 Å². The van der Waals surface area contributed by atoms with E-state index in [0.29, 0.717) is 17.4 Å². The summed E-state index contributed by atoms with van der Waals surface area (Å²) in [5, 5.41) is 12.4. The molecule has 128 valence electrons. The first kappa shape index (κ1) is 18.7. The zero-order valence-electron chi connectivity index (χ0n) is 12.6. The molecule has 2 N–H and O–H groups in total. The molecule has 0 aromatic heterocycles. The fourth-order valence-electron chi connectivity index (χ4n) is 2.63. The van der Waals surface area contributed by atoms with Gasteiger partial charge in [0.1, 0.15) is 6.54 Å². The minimum absolute atomic E-state index is 0.00417. The highest BCUT2D eigenvalue weighted by Crippen LogP contribution is 2.23. The summed E-state index contributed by atoms with van der Waals surface area (Å²) in [6, 6.07) is -1.24. The smallest absolute Gasteiger partial charge is 0.381 e. The van der Waals surface area contributed by atoms with Crippen LogP contribution in [-0.4, -0.2) is 53.7 Å². The number of halogens is 3. The topological polar surface area (TPSA) is 69.6 Å². The number of carbonyl (C=O) groups is 2. The van der Waals surface area contributed by atoms with Gasteiger partial charge >= 0.3 is 6.18 Å². The average molecular weight is 324 g/mol. The van der Waals surface area contributed by atoms with E-state index in [0.717, 1.165) is 25.7 Å². The van der Waals surface area contributed by atoms with E-state index in [1.54, 1.807) is 0 Å². The van der Waals surface area contributed by atoms with Gasteiger partial charge in [-0.25, -0.2) is 0 Å². The molecule has 8 heteroatoms. The molecule has 1 fully saturated rings. The summed E-state index contributed by atoms with van der Waals surface area (Å²) in [6.07, 6.45) is -0.885. The number of aliphatic hydroxyl groups is 1. The van der Waals surface area contributed by atoms with Gasteiger partial charge in [-0.15, -0.1) is 0 Å². The van der Waals surface area contributed by atoms with Gasteiger partial charge in [-0.3, -0.25) is 9.59 Å². The molecule has 22 heavy (non-hydrogen) atoms. The molecule has 0 bridgehead atoms. The van der Waals surface area contributed by atoms with E-state index < -0.39 is 30.8 Å². The zero-order chi connectivity index (χ0) is 16.8. The Morgan fingerprint density at radius 3 is 2.45 bits per heavy atom. The minimum atomic E-state index is -4.58. The van der Waals surface area contributed by atoms with Gasteiger partial charge in [0.15, 0.2) is 6.10 Å². The van der Waals surface area contributed by atoms with Gasteiger partial charge in [-0.2, -0.15) is 13.2 Å². The third-order valence-electron chi connectivity index (χ3n) is 4.04. The Balaban J connectivity index is 2.47. The van der Waals surface area contributed by atoms with E-state index in [9.17, 15) is 27.9 Å². The van der Waals surface area contributed by atoms with E-state index in [4.69, 9.17) is 0 Å². The predicted octanol–water partition coefficient (Wildman–Crippen LogP) is 1.45. The molecule has 1 rings (SSSR count). The Kier molecular flexibility index (Phi) is 7.12. The summed E-state index contributed by atoms with van der Waals surface area (Å²) in [5.74, 6) is -0.398. The second-order valence-corrected chi connectivity index (χ2v) is 5.83. The Morgan fingerprint density at radius 2 is 1.95 bits per heavy atom. The van der Waals surface area contributed by atoms with Crippen molar-refractivity contribution >= 4 is 12.3 Å². The number of amides is 2. The highest BCUT2D eigenvalue weighted by Gasteiger charge is 2.36. The molecule has 1 saturated carbocycles. The summed E-state index contributed by atoms with van der Waals surface area (Å²) in [4.78, 5) is 22.9. The number of rotatable bonds is 7. The monoisotopic (exact) mass is 324 g/mol. The van der Waals surface area contributed by atoms with Gasteiger partial charge in [0.2, 0.25) is 6.41 Å². The van der Waals surface area contributed by atoms with Crippen molar-refractivity contribution in [2.75, 3.05) is 13.1 Å². The van der Waals surface area contributed by atoms with Crippen molar-refractivity contribution < 1.29 is 27.9 Å². The lowest BCUT2D eigenvalue weighted by atomic mass is 9.89. The number of nitrogens with one attached hydrogen (secondary N) is 1. The van der Waals surface area contributed by atoms with Crippen molar-refractivity contribution in [1.29, 1.82) is 0 Å². The molecule has 1 aliphatic carbocycles. The number of alkyl halides is 3. The standard InChI is InChI=1S/C14H23F3N2O3/c1-10(19(9-20)8-14(15,16)17)12(21)13(22)18-7-11-5-3-2-4-6-11/h9-12,21H,2-8H2,1H3,(H,18,22). The van der Waals surface area contributed by atoms with Crippen molar-refractivity contribution in [3.05, 3.63) is 0 Å². The first-order chi connectivity index (χ1) is 10.2. The second-order valence-electron chi connectivity index (χ2n) is 5.83. The van der Waals surface area contributed by atoms with Crippen molar-refractivity contribution in [1.82, 2.24) is 10.2 Å². The van der Waals surface area contributed by atoms with Crippen LogP contribution in [0.15, 0.2) is 0 Å². The first-order valence-corrected chi connectivity index (χ1v) is 7.48. The number of hydrogen-bond donors (Lipinski definition) is 2. The van der Waals surface area contributed by atoms with Crippen LogP contribution in [0, 0.1) is 5.92 Å². The highest BCUT2D eigenvalue weighted by atomic mass is 19.4. The maximum Gasteiger partial charge on any atom is 0.406 e. The van der Waals surface area contributed by atoms with Crippen LogP contribution >= 0.6 is 0 Å². The number of nitrogens with zero attached hydrogens (tertiary/aromatic N) is 1. The molecule has 0 aromatic rings. The lowest BCUT2D eigenvalue weighted by Gasteiger charge is -2.29. The van der Waals surface area contributed by atoms with E-state index >= 15 is 0 Å². The van der Waals surface area contributed by atoms with Gasteiger partial charge in [0.25, 0.3) is 5.91 Å². The zero-order valence-corrected chi connectivity index (χ0v) is 12.6. The van der Waals surface area contributed by atoms with Crippen molar-refractivity contribution in [2.24, 2.45) is 5.92 Å². The molecule has 0 aromatic carbocycles. The number of hydrogen-bond acceptors (Lipinski definition) is 3. The lowest BCUT2D eigenvalue weighted by Crippen LogP contribution is -2.51. The van der Waals surface area contributed by atoms with Crippen LogP contribution in [0.3, 0.4) is 0 Å². The molecule has 0 saturated heterocycles. The molecule has 2 amide bonds. The largest absolute Gasteiger partial charge is 0.406 e. The van der Waals surface area contributed by atoms with E-state index in [1.165, 1.54) is 13.3 Å². The molecule has 2 unspecified atom stereocenters. The molecule has 0 spiro atoms. The van der Waals surface area contributed by atoms with Gasteiger partial charge in [0.05, 0.1) is 6.04 Å². The third-order valence-corrected chi connectivity index (χ3v) is 4.04. The minimum Gasteiger partial charge on any atom is -0.381 e. The quantitative estimate of drug-likeness (QED) is 0.697. The normalized spacial score (nSPS) is 19.3. The molecule has 0 radical (unpaired) electrons. The van der Waals surface area contributed by atoms with Crippen LogP contribution in [0.2, 0.25) is 0 Å². The van der Waals surface area contributed by atoms with Crippen LogP contribution in [-0.2, 0) is 9.59 Å². The van der Waals surface area contributed by atoms with Crippen LogP contribution in [0.1, 0.15) is 39.0 Å². The summed E-state index contributed by atoms with van der Waals surface area (Å²) in [7, 11) is 0. The second kappa shape index (κ2) is 8.36. The van der Waals surface area contributed by atoms with Gasteiger partial charge < -0.3 is 15.3 Å². The van der Waals surface area contributed by atoms with Gasteiger partial charge in [-0.1, -0.05) is 19.3 Å². The van der Waals surface area contributed by atoms with E-state index in [2.05, 4.69) is 5.32 Å². The molecular weight excluding hydrogens is 301 g/mol. The lowest BCUT2D eigenvalue weighted by molar-refractivity contribution is -0.163. The van der Waals surface area contributed by atoms with E-state index in [-0.39, 0.29) is 6.41 Å². The molecule has 0 aliphatic heterocycles. The van der Waals surface area contributed by atoms with E-state index in [1.807, 2.05) is 0 Å².